The molecule has 176 valence electrons. The average molecular weight is 448 g/mol. The molecule has 1 saturated carbocycles. The minimum absolute atomic E-state index is 0.00496. The van der Waals surface area contributed by atoms with Crippen LogP contribution in [0.5, 0.6) is 0 Å². The van der Waals surface area contributed by atoms with Crippen LogP contribution in [-0.2, 0) is 16.1 Å². The van der Waals surface area contributed by atoms with Gasteiger partial charge in [0.1, 0.15) is 0 Å². The van der Waals surface area contributed by atoms with Crippen molar-refractivity contribution < 1.29 is 29.7 Å². The quantitative estimate of drug-likeness (QED) is 0.327. The monoisotopic (exact) mass is 447 g/mol. The summed E-state index contributed by atoms with van der Waals surface area (Å²) in [5, 5.41) is 28.6. The number of hydrogen-bond acceptors (Lipinski definition) is 7. The molecule has 1 fully saturated rings. The Balaban J connectivity index is 2.33. The fourth-order valence-electron chi connectivity index (χ4n) is 4.37. The van der Waals surface area contributed by atoms with E-state index in [1.165, 1.54) is 0 Å². The lowest BCUT2D eigenvalue weighted by Crippen LogP contribution is -2.55. The number of aliphatic hydroxyl groups excluding tert-OH is 1. The van der Waals surface area contributed by atoms with E-state index in [1.54, 1.807) is 28.1 Å². The maximum Gasteiger partial charge on any atom is 0.317 e. The van der Waals surface area contributed by atoms with Crippen molar-refractivity contribution in [2.45, 2.75) is 58.2 Å². The molecule has 2 atom stereocenters. The zero-order valence-corrected chi connectivity index (χ0v) is 18.7. The zero-order valence-electron chi connectivity index (χ0n) is 18.7. The number of carboxylic acids is 2. The Morgan fingerprint density at radius 3 is 2.12 bits per heavy atom. The van der Waals surface area contributed by atoms with Crippen LogP contribution in [0, 0.1) is 5.92 Å². The predicted octanol–water partition coefficient (Wildman–Crippen LogP) is 2.58. The van der Waals surface area contributed by atoms with E-state index < -0.39 is 11.9 Å². The second-order valence-electron chi connectivity index (χ2n) is 8.64. The number of aliphatic hydroxyl groups is 1. The molecule has 0 amide bonds. The lowest BCUT2D eigenvalue weighted by Gasteiger charge is -2.44. The van der Waals surface area contributed by atoms with Gasteiger partial charge in [0.15, 0.2) is 5.78 Å². The van der Waals surface area contributed by atoms with Crippen LogP contribution in [0.1, 0.15) is 55.6 Å². The van der Waals surface area contributed by atoms with E-state index in [0.29, 0.717) is 24.1 Å². The molecule has 32 heavy (non-hydrogen) atoms. The lowest BCUT2D eigenvalue weighted by molar-refractivity contribution is -0.142. The third-order valence-electron chi connectivity index (χ3n) is 5.68. The first-order chi connectivity index (χ1) is 15.1. The summed E-state index contributed by atoms with van der Waals surface area (Å²) >= 11 is 0. The first-order valence-corrected chi connectivity index (χ1v) is 10.9. The Morgan fingerprint density at radius 1 is 1.03 bits per heavy atom. The summed E-state index contributed by atoms with van der Waals surface area (Å²) in [7, 11) is 0. The molecule has 1 aliphatic carbocycles. The van der Waals surface area contributed by atoms with Crippen LogP contribution in [0.2, 0.25) is 0 Å². The molecule has 0 aliphatic heterocycles. The van der Waals surface area contributed by atoms with Gasteiger partial charge >= 0.3 is 11.9 Å². The summed E-state index contributed by atoms with van der Waals surface area (Å²) < 4.78 is 0. The molecule has 0 aromatic carbocycles. The number of ketones is 1. The fraction of sp³-hybridized carbons (Fsp3) is 0.565. The maximum absolute atomic E-state index is 12.4. The van der Waals surface area contributed by atoms with Crippen molar-refractivity contribution >= 4 is 17.7 Å². The number of aromatic nitrogens is 1. The SMILES string of the molecule is C=C(O)CN(CC(=O)O)C1CCCC[C@@H]1N(CC(=O)O)Cc1cc(C(=O)C(C)C)ccn1. The molecule has 3 N–H and O–H groups in total. The number of Topliss-reactive ketones (excluding diaryl/α,β-unsaturated/α-hetero) is 1. The highest BCUT2D eigenvalue weighted by molar-refractivity contribution is 5.97. The van der Waals surface area contributed by atoms with Crippen LogP contribution in [0.3, 0.4) is 0 Å². The highest BCUT2D eigenvalue weighted by atomic mass is 16.4. The molecule has 0 saturated heterocycles. The van der Waals surface area contributed by atoms with Crippen LogP contribution >= 0.6 is 0 Å². The van der Waals surface area contributed by atoms with Crippen molar-refractivity contribution in [1.29, 1.82) is 0 Å². The van der Waals surface area contributed by atoms with Crippen LogP contribution in [0.4, 0.5) is 0 Å². The molecular weight excluding hydrogens is 414 g/mol. The van der Waals surface area contributed by atoms with Crippen LogP contribution in [-0.4, -0.2) is 79.5 Å². The summed E-state index contributed by atoms with van der Waals surface area (Å²) in [6, 6.07) is 2.84. The number of carbonyl (C=O) groups excluding carboxylic acids is 1. The Morgan fingerprint density at radius 2 is 1.59 bits per heavy atom. The number of rotatable bonds is 12. The topological polar surface area (TPSA) is 131 Å². The number of aliphatic carboxylic acids is 2. The molecule has 1 aromatic rings. The van der Waals surface area contributed by atoms with E-state index in [4.69, 9.17) is 0 Å². The van der Waals surface area contributed by atoms with E-state index >= 15 is 0 Å². The zero-order chi connectivity index (χ0) is 23.8. The average Bonchev–Trinajstić information content (AvgIpc) is 2.71. The molecule has 1 aliphatic rings. The van der Waals surface area contributed by atoms with Gasteiger partial charge in [-0.3, -0.25) is 29.2 Å². The second-order valence-corrected chi connectivity index (χ2v) is 8.64. The molecule has 0 radical (unpaired) electrons. The van der Waals surface area contributed by atoms with Gasteiger partial charge in [-0.25, -0.2) is 0 Å². The summed E-state index contributed by atoms with van der Waals surface area (Å²) in [5.74, 6) is -2.34. The molecule has 0 spiro atoms. The van der Waals surface area contributed by atoms with Gasteiger partial charge in [-0.2, -0.15) is 0 Å². The Hall–Kier alpha value is -2.78. The number of carboxylic acid groups (broad SMARTS) is 2. The first kappa shape index (κ1) is 25.5. The minimum atomic E-state index is -1.03. The van der Waals surface area contributed by atoms with Crippen molar-refractivity contribution in [3.8, 4) is 0 Å². The van der Waals surface area contributed by atoms with E-state index in [2.05, 4.69) is 11.6 Å². The maximum atomic E-state index is 12.4. The summed E-state index contributed by atoms with van der Waals surface area (Å²) in [5.41, 5.74) is 1.11. The van der Waals surface area contributed by atoms with Gasteiger partial charge in [0.2, 0.25) is 0 Å². The lowest BCUT2D eigenvalue weighted by atomic mass is 9.87. The molecule has 0 bridgehead atoms. The van der Waals surface area contributed by atoms with Crippen molar-refractivity contribution in [3.63, 3.8) is 0 Å². The van der Waals surface area contributed by atoms with E-state index in [1.807, 2.05) is 13.8 Å². The van der Waals surface area contributed by atoms with Gasteiger partial charge in [-0.1, -0.05) is 33.3 Å². The highest BCUT2D eigenvalue weighted by Crippen LogP contribution is 2.29. The van der Waals surface area contributed by atoms with Crippen molar-refractivity contribution in [3.05, 3.63) is 41.9 Å². The van der Waals surface area contributed by atoms with E-state index in [9.17, 15) is 29.7 Å². The number of nitrogens with zero attached hydrogens (tertiary/aromatic N) is 3. The summed E-state index contributed by atoms with van der Waals surface area (Å²) in [6.07, 6.45) is 4.69. The number of pyridine rings is 1. The number of carbonyl (C=O) groups is 3. The van der Waals surface area contributed by atoms with Crippen molar-refractivity contribution in [2.75, 3.05) is 19.6 Å². The van der Waals surface area contributed by atoms with Gasteiger partial charge < -0.3 is 15.3 Å². The van der Waals surface area contributed by atoms with Crippen molar-refractivity contribution in [2.24, 2.45) is 5.92 Å². The molecule has 1 unspecified atom stereocenters. The second kappa shape index (κ2) is 11.7. The molecule has 9 heteroatoms. The van der Waals surface area contributed by atoms with Crippen LogP contribution < -0.4 is 0 Å². The van der Waals surface area contributed by atoms with Crippen molar-refractivity contribution in [1.82, 2.24) is 14.8 Å². The predicted molar refractivity (Wildman–Crippen MR) is 118 cm³/mol. The van der Waals surface area contributed by atoms with Crippen LogP contribution in [0.15, 0.2) is 30.7 Å². The third-order valence-corrected chi connectivity index (χ3v) is 5.68. The normalized spacial score (nSPS) is 18.8. The Kier molecular flexibility index (Phi) is 9.34. The molecule has 9 nitrogen and oxygen atoms in total. The Bertz CT molecular complexity index is 825. The molecular formula is C23H33N3O6. The first-order valence-electron chi connectivity index (χ1n) is 10.9. The van der Waals surface area contributed by atoms with Gasteiger partial charge in [0.05, 0.1) is 31.1 Å². The van der Waals surface area contributed by atoms with Gasteiger partial charge in [0.25, 0.3) is 0 Å². The number of hydrogen-bond donors (Lipinski definition) is 3. The summed E-state index contributed by atoms with van der Waals surface area (Å²) in [6.45, 7) is 6.83. The highest BCUT2D eigenvalue weighted by Gasteiger charge is 2.36. The molecule has 2 rings (SSSR count). The van der Waals surface area contributed by atoms with E-state index in [-0.39, 0.29) is 55.7 Å². The smallest absolute Gasteiger partial charge is 0.317 e. The third kappa shape index (κ3) is 7.42. The van der Waals surface area contributed by atoms with Gasteiger partial charge in [-0.15, -0.1) is 0 Å². The van der Waals surface area contributed by atoms with Gasteiger partial charge in [0, 0.05) is 36.3 Å². The molecule has 1 heterocycles. The fourth-order valence-corrected chi connectivity index (χ4v) is 4.37. The van der Waals surface area contributed by atoms with Crippen LogP contribution in [0.25, 0.3) is 0 Å². The standard InChI is InChI=1S/C23H33N3O6/c1-15(2)23(32)17-8-9-24-18(10-17)12-26(14-22(30)31)20-7-5-4-6-19(20)25(11-16(3)27)13-21(28)29/h8-10,15,19-20,27H,3-7,11-14H2,1-2H3,(H,28,29)(H,30,31)/t19?,20-/m0/s1. The largest absolute Gasteiger partial charge is 0.512 e. The van der Waals surface area contributed by atoms with Gasteiger partial charge in [-0.05, 0) is 25.0 Å². The van der Waals surface area contributed by atoms with E-state index in [0.717, 1.165) is 12.8 Å². The summed E-state index contributed by atoms with van der Waals surface area (Å²) in [4.78, 5) is 43.2. The molecule has 1 aromatic heterocycles. The minimum Gasteiger partial charge on any atom is -0.512 e. The Labute approximate surface area is 188 Å².